The second-order valence-corrected chi connectivity index (χ2v) is 5.98. The number of anilines is 1. The highest BCUT2D eigenvalue weighted by Crippen LogP contribution is 2.42. The lowest BCUT2D eigenvalue weighted by Crippen LogP contribution is -2.58. The van der Waals surface area contributed by atoms with E-state index in [4.69, 9.17) is 16.2 Å². The minimum atomic E-state index is -0.690. The number of nitrogens with zero attached hydrogens (tertiary/aromatic N) is 3. The molecule has 0 radical (unpaired) electrons. The second-order valence-electron chi connectivity index (χ2n) is 5.98. The van der Waals surface area contributed by atoms with E-state index in [1.165, 1.54) is 13.2 Å². The van der Waals surface area contributed by atoms with Crippen molar-refractivity contribution in [1.29, 1.82) is 0 Å². The van der Waals surface area contributed by atoms with Gasteiger partial charge in [-0.25, -0.2) is 9.79 Å². The predicted octanol–water partition coefficient (Wildman–Crippen LogP) is 1.29. The number of benzene rings is 1. The Kier molecular flexibility index (Phi) is 4.04. The lowest BCUT2D eigenvalue weighted by molar-refractivity contribution is 0.0598. The fraction of sp³-hybridized carbons (Fsp3) is 0.438. The molecule has 3 rings (SSSR count). The average molecular weight is 331 g/mol. The summed E-state index contributed by atoms with van der Waals surface area (Å²) in [6.07, 6.45) is 4.51. The molecule has 1 saturated carbocycles. The van der Waals surface area contributed by atoms with Gasteiger partial charge >= 0.3 is 5.97 Å². The number of esters is 1. The van der Waals surface area contributed by atoms with Gasteiger partial charge in [-0.05, 0) is 37.8 Å². The Hall–Kier alpha value is -2.77. The van der Waals surface area contributed by atoms with E-state index in [0.717, 1.165) is 32.1 Å². The molecule has 1 fully saturated rings. The Balaban J connectivity index is 2.18. The molecule has 0 atom stereocenters. The Morgan fingerprint density at radius 1 is 1.29 bits per heavy atom. The van der Waals surface area contributed by atoms with Gasteiger partial charge in [0.25, 0.3) is 0 Å². The number of carbonyl (C=O) groups excluding carboxylic acids is 1. The zero-order valence-electron chi connectivity index (χ0n) is 13.5. The van der Waals surface area contributed by atoms with Crippen LogP contribution in [0.25, 0.3) is 0 Å². The average Bonchev–Trinajstić information content (AvgIpc) is 2.54. The van der Waals surface area contributed by atoms with Crippen LogP contribution in [0.3, 0.4) is 0 Å². The summed E-state index contributed by atoms with van der Waals surface area (Å²) in [6.45, 7) is 0. The van der Waals surface area contributed by atoms with Crippen molar-refractivity contribution in [3.63, 3.8) is 0 Å². The van der Waals surface area contributed by atoms with Gasteiger partial charge < -0.3 is 21.3 Å². The molecule has 0 unspecified atom stereocenters. The molecule has 0 aromatic heterocycles. The van der Waals surface area contributed by atoms with Gasteiger partial charge in [0.1, 0.15) is 17.0 Å². The molecule has 1 spiro atoms. The van der Waals surface area contributed by atoms with Gasteiger partial charge in [0.15, 0.2) is 0 Å². The lowest BCUT2D eigenvalue weighted by atomic mass is 9.87. The quantitative estimate of drug-likeness (QED) is 0.701. The molecule has 1 aromatic rings. The van der Waals surface area contributed by atoms with Crippen molar-refractivity contribution in [2.75, 3.05) is 12.0 Å². The lowest BCUT2D eigenvalue weighted by Gasteiger charge is -2.46. The number of carbonyl (C=O) groups is 1. The highest BCUT2D eigenvalue weighted by atomic mass is 16.5. The van der Waals surface area contributed by atoms with Crippen molar-refractivity contribution in [2.45, 2.75) is 37.8 Å². The van der Waals surface area contributed by atoms with E-state index in [-0.39, 0.29) is 23.2 Å². The van der Waals surface area contributed by atoms with Gasteiger partial charge in [0.05, 0.1) is 12.8 Å². The minimum absolute atomic E-state index is 0.0405. The maximum atomic E-state index is 12.2. The standard InChI is InChI=1S/C16H21N5O3/c1-24-13(23)12-10(6-5-7-11(12)22)21-15(18)19-14(17)20-16(21)8-3-2-4-9-16/h5-7,22H,2-4,8-9H2,1H3,(H4,17,18,19,20). The first-order chi connectivity index (χ1) is 11.5. The van der Waals surface area contributed by atoms with E-state index in [0.29, 0.717) is 5.69 Å². The molecule has 8 nitrogen and oxygen atoms in total. The Morgan fingerprint density at radius 3 is 2.67 bits per heavy atom. The van der Waals surface area contributed by atoms with Gasteiger partial charge in [0, 0.05) is 0 Å². The van der Waals surface area contributed by atoms with Crippen LogP contribution in [-0.4, -0.2) is 35.8 Å². The fourth-order valence-corrected chi connectivity index (χ4v) is 3.50. The van der Waals surface area contributed by atoms with Crippen molar-refractivity contribution >= 4 is 23.6 Å². The van der Waals surface area contributed by atoms with Gasteiger partial charge in [-0.15, -0.1) is 0 Å². The van der Waals surface area contributed by atoms with Crippen molar-refractivity contribution in [1.82, 2.24) is 0 Å². The van der Waals surface area contributed by atoms with Crippen LogP contribution in [0, 0.1) is 0 Å². The molecule has 1 aromatic carbocycles. The largest absolute Gasteiger partial charge is 0.507 e. The number of nitrogens with two attached hydrogens (primary N) is 2. The van der Waals surface area contributed by atoms with Crippen LogP contribution in [0.1, 0.15) is 42.5 Å². The number of phenols is 1. The summed E-state index contributed by atoms with van der Waals surface area (Å²) in [5.74, 6) is -0.546. The summed E-state index contributed by atoms with van der Waals surface area (Å²) < 4.78 is 4.81. The number of phenolic OH excluding ortho intramolecular Hbond substituents is 1. The Morgan fingerprint density at radius 2 is 2.00 bits per heavy atom. The molecule has 128 valence electrons. The molecule has 0 bridgehead atoms. The molecular formula is C16H21N5O3. The van der Waals surface area contributed by atoms with Crippen molar-refractivity contribution < 1.29 is 14.6 Å². The zero-order chi connectivity index (χ0) is 17.3. The van der Waals surface area contributed by atoms with Crippen molar-refractivity contribution in [2.24, 2.45) is 21.5 Å². The highest BCUT2D eigenvalue weighted by Gasteiger charge is 2.44. The number of rotatable bonds is 2. The van der Waals surface area contributed by atoms with Gasteiger partial charge in [-0.2, -0.15) is 4.99 Å². The number of hydrogen-bond acceptors (Lipinski definition) is 8. The molecule has 1 aliphatic heterocycles. The van der Waals surface area contributed by atoms with Crippen LogP contribution in [0.4, 0.5) is 5.69 Å². The maximum absolute atomic E-state index is 12.2. The number of ether oxygens (including phenoxy) is 1. The van der Waals surface area contributed by atoms with E-state index in [2.05, 4.69) is 9.98 Å². The second kappa shape index (κ2) is 6.03. The van der Waals surface area contributed by atoms with Gasteiger partial charge in [0.2, 0.25) is 11.9 Å². The van der Waals surface area contributed by atoms with Crippen LogP contribution < -0.4 is 16.4 Å². The summed E-state index contributed by atoms with van der Waals surface area (Å²) in [5, 5.41) is 10.2. The Labute approximate surface area is 139 Å². The van der Waals surface area contributed by atoms with Crippen LogP contribution in [-0.2, 0) is 4.74 Å². The summed E-state index contributed by atoms with van der Waals surface area (Å²) in [4.78, 5) is 22.5. The minimum Gasteiger partial charge on any atom is -0.507 e. The molecule has 8 heteroatoms. The number of hydrogen-bond donors (Lipinski definition) is 3. The normalized spacial score (nSPS) is 19.6. The summed E-state index contributed by atoms with van der Waals surface area (Å²) in [6, 6.07) is 4.77. The summed E-state index contributed by atoms with van der Waals surface area (Å²) >= 11 is 0. The van der Waals surface area contributed by atoms with Crippen molar-refractivity contribution in [3.05, 3.63) is 23.8 Å². The SMILES string of the molecule is COC(=O)c1c(O)cccc1N1C(N)=NC(N)=NC12CCCCC2. The monoisotopic (exact) mass is 331 g/mol. The predicted molar refractivity (Wildman–Crippen MR) is 91.0 cm³/mol. The topological polar surface area (TPSA) is 127 Å². The third-order valence-electron chi connectivity index (χ3n) is 4.50. The molecule has 0 saturated heterocycles. The summed E-state index contributed by atoms with van der Waals surface area (Å²) in [5.41, 5.74) is 11.8. The number of guanidine groups is 2. The van der Waals surface area contributed by atoms with E-state index < -0.39 is 11.6 Å². The van der Waals surface area contributed by atoms with E-state index in [9.17, 15) is 9.90 Å². The van der Waals surface area contributed by atoms with E-state index in [1.807, 2.05) is 0 Å². The number of aromatic hydroxyl groups is 1. The van der Waals surface area contributed by atoms with Crippen LogP contribution in [0.2, 0.25) is 0 Å². The van der Waals surface area contributed by atoms with Gasteiger partial charge in [-0.1, -0.05) is 12.5 Å². The molecule has 5 N–H and O–H groups in total. The van der Waals surface area contributed by atoms with Crippen LogP contribution in [0.15, 0.2) is 28.2 Å². The first-order valence-electron chi connectivity index (χ1n) is 7.88. The van der Waals surface area contributed by atoms with E-state index in [1.54, 1.807) is 17.0 Å². The molecular weight excluding hydrogens is 310 g/mol. The smallest absolute Gasteiger partial charge is 0.343 e. The fourth-order valence-electron chi connectivity index (χ4n) is 3.50. The zero-order valence-corrected chi connectivity index (χ0v) is 13.5. The van der Waals surface area contributed by atoms with Crippen LogP contribution in [0.5, 0.6) is 5.75 Å². The molecule has 24 heavy (non-hydrogen) atoms. The third-order valence-corrected chi connectivity index (χ3v) is 4.50. The number of aliphatic imine (C=N–C) groups is 2. The highest BCUT2D eigenvalue weighted by molar-refractivity contribution is 6.09. The van der Waals surface area contributed by atoms with Gasteiger partial charge in [-0.3, -0.25) is 4.90 Å². The molecule has 0 amide bonds. The maximum Gasteiger partial charge on any atom is 0.343 e. The molecule has 1 heterocycles. The van der Waals surface area contributed by atoms with Crippen molar-refractivity contribution in [3.8, 4) is 5.75 Å². The Bertz CT molecular complexity index is 722. The number of methoxy groups -OCH3 is 1. The van der Waals surface area contributed by atoms with Crippen LogP contribution >= 0.6 is 0 Å². The molecule has 2 aliphatic rings. The first-order valence-corrected chi connectivity index (χ1v) is 7.88. The van der Waals surface area contributed by atoms with E-state index >= 15 is 0 Å². The first kappa shape index (κ1) is 16.1. The summed E-state index contributed by atoms with van der Waals surface area (Å²) in [7, 11) is 1.26. The molecule has 1 aliphatic carbocycles. The third kappa shape index (κ3) is 2.53.